The molecule has 126 valence electrons. The van der Waals surface area contributed by atoms with E-state index < -0.39 is 0 Å². The summed E-state index contributed by atoms with van der Waals surface area (Å²) in [6.07, 6.45) is 0. The summed E-state index contributed by atoms with van der Waals surface area (Å²) in [6, 6.07) is 13.4. The Morgan fingerprint density at radius 1 is 1.17 bits per heavy atom. The second-order valence-corrected chi connectivity index (χ2v) is 5.52. The lowest BCUT2D eigenvalue weighted by molar-refractivity contribution is -0.123. The van der Waals surface area contributed by atoms with Gasteiger partial charge in [0.25, 0.3) is 5.91 Å². The van der Waals surface area contributed by atoms with E-state index in [1.807, 2.05) is 63.2 Å². The molecule has 0 spiro atoms. The van der Waals surface area contributed by atoms with Gasteiger partial charge in [-0.25, -0.2) is 5.43 Å². The quantitative estimate of drug-likeness (QED) is 0.655. The number of rotatable bonds is 6. The van der Waals surface area contributed by atoms with Crippen LogP contribution in [0.25, 0.3) is 0 Å². The molecule has 5 nitrogen and oxygen atoms in total. The molecule has 24 heavy (non-hydrogen) atoms. The number of benzene rings is 2. The number of methoxy groups -OCH3 is 1. The van der Waals surface area contributed by atoms with Crippen LogP contribution in [0.3, 0.4) is 0 Å². The lowest BCUT2D eigenvalue weighted by Gasteiger charge is -2.09. The Balaban J connectivity index is 1.93. The van der Waals surface area contributed by atoms with E-state index in [2.05, 4.69) is 10.5 Å². The van der Waals surface area contributed by atoms with Gasteiger partial charge in [0.15, 0.2) is 6.61 Å². The van der Waals surface area contributed by atoms with E-state index >= 15 is 0 Å². The summed E-state index contributed by atoms with van der Waals surface area (Å²) in [6.45, 7) is 5.66. The summed E-state index contributed by atoms with van der Waals surface area (Å²) in [5.74, 6) is 1.14. The molecule has 0 radical (unpaired) electrons. The number of hydrogen-bond acceptors (Lipinski definition) is 4. The summed E-state index contributed by atoms with van der Waals surface area (Å²) >= 11 is 0. The standard InChI is InChI=1S/C19H22N2O3/c1-13-8-9-14(2)18(10-13)24-12-19(22)21-20-15(3)16-6-5-7-17(11-16)23-4/h5-11H,12H2,1-4H3,(H,21,22)/b20-15+. The van der Waals surface area contributed by atoms with Crippen molar-refractivity contribution in [2.75, 3.05) is 13.7 Å². The summed E-state index contributed by atoms with van der Waals surface area (Å²) in [4.78, 5) is 11.9. The molecule has 2 aromatic rings. The zero-order valence-electron chi connectivity index (χ0n) is 14.4. The maximum absolute atomic E-state index is 11.9. The largest absolute Gasteiger partial charge is 0.497 e. The van der Waals surface area contributed by atoms with E-state index in [0.717, 1.165) is 22.4 Å². The van der Waals surface area contributed by atoms with Crippen LogP contribution in [-0.2, 0) is 4.79 Å². The summed E-state index contributed by atoms with van der Waals surface area (Å²) < 4.78 is 10.7. The molecule has 5 heteroatoms. The van der Waals surface area contributed by atoms with Crippen LogP contribution in [0.1, 0.15) is 23.6 Å². The van der Waals surface area contributed by atoms with Crippen molar-refractivity contribution in [2.45, 2.75) is 20.8 Å². The number of carbonyl (C=O) groups excluding carboxylic acids is 1. The topological polar surface area (TPSA) is 59.9 Å². The van der Waals surface area contributed by atoms with Gasteiger partial charge in [0.1, 0.15) is 11.5 Å². The molecule has 0 saturated carbocycles. The predicted molar refractivity (Wildman–Crippen MR) is 94.8 cm³/mol. The highest BCUT2D eigenvalue weighted by Crippen LogP contribution is 2.18. The molecule has 2 rings (SSSR count). The van der Waals surface area contributed by atoms with Crippen molar-refractivity contribution in [2.24, 2.45) is 5.10 Å². The highest BCUT2D eigenvalue weighted by Gasteiger charge is 2.05. The van der Waals surface area contributed by atoms with Crippen LogP contribution in [-0.4, -0.2) is 25.3 Å². The molecule has 0 unspecified atom stereocenters. The molecule has 0 heterocycles. The Morgan fingerprint density at radius 2 is 1.96 bits per heavy atom. The third kappa shape index (κ3) is 4.84. The van der Waals surface area contributed by atoms with Crippen molar-refractivity contribution in [3.8, 4) is 11.5 Å². The van der Waals surface area contributed by atoms with Crippen molar-refractivity contribution < 1.29 is 14.3 Å². The molecule has 0 aliphatic heterocycles. The van der Waals surface area contributed by atoms with E-state index in [1.165, 1.54) is 0 Å². The molecule has 0 aromatic heterocycles. The van der Waals surface area contributed by atoms with Crippen LogP contribution in [0.5, 0.6) is 11.5 Å². The van der Waals surface area contributed by atoms with Crippen molar-refractivity contribution >= 4 is 11.6 Å². The van der Waals surface area contributed by atoms with Crippen LogP contribution in [0.2, 0.25) is 0 Å². The van der Waals surface area contributed by atoms with Gasteiger partial charge in [0, 0.05) is 5.56 Å². The van der Waals surface area contributed by atoms with Crippen molar-refractivity contribution in [1.29, 1.82) is 0 Å². The van der Waals surface area contributed by atoms with Crippen molar-refractivity contribution in [3.05, 3.63) is 59.2 Å². The Morgan fingerprint density at radius 3 is 2.71 bits per heavy atom. The molecule has 1 N–H and O–H groups in total. The van der Waals surface area contributed by atoms with Gasteiger partial charge in [0.05, 0.1) is 12.8 Å². The molecule has 0 fully saturated rings. The average molecular weight is 326 g/mol. The van der Waals surface area contributed by atoms with E-state index in [1.54, 1.807) is 7.11 Å². The van der Waals surface area contributed by atoms with Gasteiger partial charge in [-0.15, -0.1) is 0 Å². The van der Waals surface area contributed by atoms with Gasteiger partial charge in [0.2, 0.25) is 0 Å². The average Bonchev–Trinajstić information content (AvgIpc) is 2.60. The first kappa shape index (κ1) is 17.5. The Bertz CT molecular complexity index is 754. The predicted octanol–water partition coefficient (Wildman–Crippen LogP) is 3.23. The third-order valence-electron chi connectivity index (χ3n) is 3.54. The molecule has 1 amide bonds. The number of carbonyl (C=O) groups is 1. The summed E-state index contributed by atoms with van der Waals surface area (Å²) in [7, 11) is 1.61. The van der Waals surface area contributed by atoms with E-state index in [-0.39, 0.29) is 12.5 Å². The minimum atomic E-state index is -0.307. The maximum Gasteiger partial charge on any atom is 0.277 e. The molecular formula is C19H22N2O3. The van der Waals surface area contributed by atoms with Crippen LogP contribution in [0, 0.1) is 13.8 Å². The van der Waals surface area contributed by atoms with Gasteiger partial charge in [-0.05, 0) is 50.1 Å². The molecular weight excluding hydrogens is 304 g/mol. The molecule has 2 aromatic carbocycles. The van der Waals surface area contributed by atoms with Crippen molar-refractivity contribution in [3.63, 3.8) is 0 Å². The van der Waals surface area contributed by atoms with Crippen LogP contribution >= 0.6 is 0 Å². The van der Waals surface area contributed by atoms with Crippen LogP contribution in [0.4, 0.5) is 0 Å². The number of nitrogens with one attached hydrogen (secondary N) is 1. The van der Waals surface area contributed by atoms with Crippen molar-refractivity contribution in [1.82, 2.24) is 5.43 Å². The van der Waals surface area contributed by atoms with Crippen LogP contribution in [0.15, 0.2) is 47.6 Å². The summed E-state index contributed by atoms with van der Waals surface area (Å²) in [5.41, 5.74) is 6.15. The second-order valence-electron chi connectivity index (χ2n) is 5.52. The Kier molecular flexibility index (Phi) is 5.95. The van der Waals surface area contributed by atoms with Gasteiger partial charge in [-0.2, -0.15) is 5.10 Å². The van der Waals surface area contributed by atoms with Gasteiger partial charge >= 0.3 is 0 Å². The third-order valence-corrected chi connectivity index (χ3v) is 3.54. The lowest BCUT2D eigenvalue weighted by Crippen LogP contribution is -2.25. The maximum atomic E-state index is 11.9. The zero-order chi connectivity index (χ0) is 17.5. The molecule has 0 aliphatic carbocycles. The first-order valence-corrected chi connectivity index (χ1v) is 7.67. The number of ether oxygens (including phenoxy) is 2. The Labute approximate surface area is 142 Å². The first-order chi connectivity index (χ1) is 11.5. The number of hydrogen-bond donors (Lipinski definition) is 1. The zero-order valence-corrected chi connectivity index (χ0v) is 14.4. The number of amides is 1. The normalized spacial score (nSPS) is 11.1. The number of hydrazone groups is 1. The highest BCUT2D eigenvalue weighted by atomic mass is 16.5. The summed E-state index contributed by atoms with van der Waals surface area (Å²) in [5, 5.41) is 4.10. The monoisotopic (exact) mass is 326 g/mol. The minimum Gasteiger partial charge on any atom is -0.497 e. The van der Waals surface area contributed by atoms with Gasteiger partial charge < -0.3 is 9.47 Å². The van der Waals surface area contributed by atoms with Gasteiger partial charge in [-0.3, -0.25) is 4.79 Å². The SMILES string of the molecule is COc1cccc(/C(C)=N/NC(=O)COc2cc(C)ccc2C)c1. The number of aryl methyl sites for hydroxylation is 2. The fourth-order valence-electron chi connectivity index (χ4n) is 2.10. The van der Waals surface area contributed by atoms with E-state index in [9.17, 15) is 4.79 Å². The van der Waals surface area contributed by atoms with Gasteiger partial charge in [-0.1, -0.05) is 24.3 Å². The number of nitrogens with zero attached hydrogens (tertiary/aromatic N) is 1. The second kappa shape index (κ2) is 8.15. The van der Waals surface area contributed by atoms with Crippen LogP contribution < -0.4 is 14.9 Å². The Hall–Kier alpha value is -2.82. The minimum absolute atomic E-state index is 0.0841. The van der Waals surface area contributed by atoms with E-state index in [4.69, 9.17) is 9.47 Å². The smallest absolute Gasteiger partial charge is 0.277 e. The molecule has 0 atom stereocenters. The highest BCUT2D eigenvalue weighted by molar-refractivity contribution is 5.99. The van der Waals surface area contributed by atoms with E-state index in [0.29, 0.717) is 11.5 Å². The lowest BCUT2D eigenvalue weighted by atomic mass is 10.1. The fourth-order valence-corrected chi connectivity index (χ4v) is 2.10. The molecule has 0 aliphatic rings. The fraction of sp³-hybridized carbons (Fsp3) is 0.263. The molecule has 0 saturated heterocycles. The first-order valence-electron chi connectivity index (χ1n) is 7.67. The molecule has 0 bridgehead atoms.